The van der Waals surface area contributed by atoms with Crippen LogP contribution in [0.3, 0.4) is 0 Å². The van der Waals surface area contributed by atoms with Crippen LogP contribution in [0, 0.1) is 0 Å². The molecule has 3 aromatic rings. The van der Waals surface area contributed by atoms with Crippen LogP contribution in [0.1, 0.15) is 18.4 Å². The summed E-state index contributed by atoms with van der Waals surface area (Å²) in [5.74, 6) is 0.114. The number of carbonyl (C=O) groups is 1. The molecule has 0 spiro atoms. The summed E-state index contributed by atoms with van der Waals surface area (Å²) >= 11 is 0. The summed E-state index contributed by atoms with van der Waals surface area (Å²) in [7, 11) is -3.80. The number of nitrogens with zero attached hydrogens (tertiary/aromatic N) is 5. The maximum absolute atomic E-state index is 13.1. The van der Waals surface area contributed by atoms with Gasteiger partial charge in [0.2, 0.25) is 15.9 Å². The van der Waals surface area contributed by atoms with Crippen LogP contribution in [-0.2, 0) is 26.1 Å². The highest BCUT2D eigenvalue weighted by molar-refractivity contribution is 7.89. The van der Waals surface area contributed by atoms with Gasteiger partial charge in [-0.3, -0.25) is 4.79 Å². The van der Waals surface area contributed by atoms with Crippen molar-refractivity contribution in [2.45, 2.75) is 24.3 Å². The first-order chi connectivity index (χ1) is 15.4. The highest BCUT2D eigenvalue weighted by Crippen LogP contribution is 2.23. The Balaban J connectivity index is 1.46. The van der Waals surface area contributed by atoms with E-state index in [4.69, 9.17) is 4.74 Å². The average Bonchev–Trinajstić information content (AvgIpc) is 3.38. The molecule has 0 aliphatic carbocycles. The van der Waals surface area contributed by atoms with Gasteiger partial charge < -0.3 is 9.64 Å². The maximum Gasteiger partial charge on any atom is 0.350 e. The largest absolute Gasteiger partial charge is 0.379 e. The van der Waals surface area contributed by atoms with Gasteiger partial charge in [-0.1, -0.05) is 12.1 Å². The number of hydrogen-bond donors (Lipinski definition) is 0. The Morgan fingerprint density at radius 2 is 1.75 bits per heavy atom. The molecule has 1 aromatic carbocycles. The van der Waals surface area contributed by atoms with Gasteiger partial charge in [0.15, 0.2) is 5.65 Å². The summed E-state index contributed by atoms with van der Waals surface area (Å²) in [5.41, 5.74) is 1.34. The van der Waals surface area contributed by atoms with Crippen molar-refractivity contribution in [1.82, 2.24) is 18.5 Å². The normalized spacial score (nSPS) is 18.0. The lowest BCUT2D eigenvalue weighted by atomic mass is 10.2. The Hall–Kier alpha value is -3.02. The van der Waals surface area contributed by atoms with E-state index < -0.39 is 15.7 Å². The first-order valence-electron chi connectivity index (χ1n) is 10.5. The van der Waals surface area contributed by atoms with Crippen LogP contribution in [0.15, 0.2) is 52.3 Å². The van der Waals surface area contributed by atoms with Gasteiger partial charge in [-0.2, -0.15) is 4.31 Å². The lowest BCUT2D eigenvalue weighted by molar-refractivity contribution is -0.117. The number of aromatic nitrogens is 3. The topological polar surface area (TPSA) is 106 Å². The molecule has 11 heteroatoms. The van der Waals surface area contributed by atoms with E-state index in [-0.39, 0.29) is 36.1 Å². The summed E-state index contributed by atoms with van der Waals surface area (Å²) < 4.78 is 35.4. The molecule has 0 atom stereocenters. The fraction of sp³-hybridized carbons (Fsp3) is 0.381. The van der Waals surface area contributed by atoms with Crippen LogP contribution in [-0.4, -0.2) is 65.7 Å². The zero-order chi connectivity index (χ0) is 22.3. The number of anilines is 1. The van der Waals surface area contributed by atoms with Gasteiger partial charge >= 0.3 is 5.69 Å². The molecule has 2 aliphatic heterocycles. The minimum atomic E-state index is -3.80. The van der Waals surface area contributed by atoms with Gasteiger partial charge in [0.25, 0.3) is 0 Å². The zero-order valence-electron chi connectivity index (χ0n) is 17.4. The van der Waals surface area contributed by atoms with Gasteiger partial charge in [-0.15, -0.1) is 5.10 Å². The molecule has 0 radical (unpaired) electrons. The molecule has 10 nitrogen and oxygen atoms in total. The van der Waals surface area contributed by atoms with E-state index in [0.29, 0.717) is 26.2 Å². The zero-order valence-corrected chi connectivity index (χ0v) is 18.2. The predicted molar refractivity (Wildman–Crippen MR) is 116 cm³/mol. The first kappa shape index (κ1) is 20.9. The second-order valence-corrected chi connectivity index (χ2v) is 9.74. The fourth-order valence-electron chi connectivity index (χ4n) is 4.12. The highest BCUT2D eigenvalue weighted by atomic mass is 32.2. The molecular formula is C21H23N5O5S. The number of benzene rings is 1. The first-order valence-corrected chi connectivity index (χ1v) is 11.9. The standard InChI is InChI=1S/C21H23N5O5S/c27-19-4-2-9-24(19)17-7-5-16(6-8-17)15-26-21(28)25-10-1-3-18(20(25)22-26)32(29,30)23-11-13-31-14-12-23/h1,3,5-8,10H,2,4,9,11-15H2. The number of rotatable bonds is 5. The Labute approximate surface area is 184 Å². The lowest BCUT2D eigenvalue weighted by Gasteiger charge is -2.25. The summed E-state index contributed by atoms with van der Waals surface area (Å²) in [6.45, 7) is 2.10. The quantitative estimate of drug-likeness (QED) is 0.558. The predicted octanol–water partition coefficient (Wildman–Crippen LogP) is 0.692. The number of fused-ring (bicyclic) bond motifs is 1. The minimum Gasteiger partial charge on any atom is -0.379 e. The molecule has 32 heavy (non-hydrogen) atoms. The molecule has 168 valence electrons. The third-order valence-electron chi connectivity index (χ3n) is 5.82. The van der Waals surface area contributed by atoms with Crippen molar-refractivity contribution >= 4 is 27.3 Å². The second kappa shape index (κ2) is 8.15. The van der Waals surface area contributed by atoms with E-state index in [2.05, 4.69) is 5.10 Å². The minimum absolute atomic E-state index is 0.000596. The van der Waals surface area contributed by atoms with E-state index in [0.717, 1.165) is 17.7 Å². The Bertz CT molecular complexity index is 1320. The van der Waals surface area contributed by atoms with Gasteiger partial charge in [0, 0.05) is 37.9 Å². The van der Waals surface area contributed by atoms with E-state index >= 15 is 0 Å². The fourth-order valence-corrected chi connectivity index (χ4v) is 5.65. The molecule has 0 bridgehead atoms. The third kappa shape index (κ3) is 3.61. The van der Waals surface area contributed by atoms with Crippen molar-refractivity contribution in [3.8, 4) is 0 Å². The molecule has 1 amide bonds. The number of ether oxygens (including phenoxy) is 1. The average molecular weight is 458 g/mol. The smallest absolute Gasteiger partial charge is 0.350 e. The van der Waals surface area contributed by atoms with Gasteiger partial charge in [0.05, 0.1) is 19.8 Å². The maximum atomic E-state index is 13.1. The van der Waals surface area contributed by atoms with E-state index in [9.17, 15) is 18.0 Å². The summed E-state index contributed by atoms with van der Waals surface area (Å²) in [5, 5.41) is 4.35. The summed E-state index contributed by atoms with van der Waals surface area (Å²) in [4.78, 5) is 26.6. The number of sulfonamides is 1. The van der Waals surface area contributed by atoms with Gasteiger partial charge in [-0.05, 0) is 36.2 Å². The summed E-state index contributed by atoms with van der Waals surface area (Å²) in [6.07, 6.45) is 2.93. The number of hydrogen-bond acceptors (Lipinski definition) is 6. The molecule has 0 saturated carbocycles. The number of pyridine rings is 1. The number of amides is 1. The molecule has 4 heterocycles. The molecule has 5 rings (SSSR count). The number of morpholine rings is 1. The molecule has 2 aliphatic rings. The van der Waals surface area contributed by atoms with Crippen molar-refractivity contribution in [2.24, 2.45) is 0 Å². The third-order valence-corrected chi connectivity index (χ3v) is 7.73. The second-order valence-electron chi connectivity index (χ2n) is 7.84. The van der Waals surface area contributed by atoms with Crippen molar-refractivity contribution in [3.05, 3.63) is 58.6 Å². The molecule has 0 unspecified atom stereocenters. The number of carbonyl (C=O) groups excluding carboxylic acids is 1. The van der Waals surface area contributed by atoms with Crippen molar-refractivity contribution in [2.75, 3.05) is 37.7 Å². The van der Waals surface area contributed by atoms with Crippen LogP contribution in [0.25, 0.3) is 5.65 Å². The molecule has 2 aromatic heterocycles. The van der Waals surface area contributed by atoms with Gasteiger partial charge in [-0.25, -0.2) is 22.3 Å². The Morgan fingerprint density at radius 1 is 1.00 bits per heavy atom. The molecule has 2 fully saturated rings. The van der Waals surface area contributed by atoms with Crippen molar-refractivity contribution in [3.63, 3.8) is 0 Å². The Morgan fingerprint density at radius 3 is 2.44 bits per heavy atom. The monoisotopic (exact) mass is 457 g/mol. The van der Waals surface area contributed by atoms with Crippen LogP contribution in [0.2, 0.25) is 0 Å². The Kier molecular flexibility index (Phi) is 5.31. The van der Waals surface area contributed by atoms with Crippen LogP contribution in [0.4, 0.5) is 5.69 Å². The molecular weight excluding hydrogens is 434 g/mol. The highest BCUT2D eigenvalue weighted by Gasteiger charge is 2.29. The SMILES string of the molecule is O=C1CCCN1c1ccc(Cn2nc3c(S(=O)(=O)N4CCOCC4)cccn3c2=O)cc1. The summed E-state index contributed by atoms with van der Waals surface area (Å²) in [6, 6.07) is 10.4. The van der Waals surface area contributed by atoms with E-state index in [1.165, 1.54) is 31.7 Å². The van der Waals surface area contributed by atoms with Crippen molar-refractivity contribution < 1.29 is 17.9 Å². The van der Waals surface area contributed by atoms with E-state index in [1.807, 2.05) is 24.3 Å². The van der Waals surface area contributed by atoms with Crippen LogP contribution < -0.4 is 10.6 Å². The van der Waals surface area contributed by atoms with Crippen LogP contribution >= 0.6 is 0 Å². The lowest BCUT2D eigenvalue weighted by Crippen LogP contribution is -2.40. The van der Waals surface area contributed by atoms with Crippen molar-refractivity contribution in [1.29, 1.82) is 0 Å². The van der Waals surface area contributed by atoms with Gasteiger partial charge in [0.1, 0.15) is 4.90 Å². The molecule has 2 saturated heterocycles. The van der Waals surface area contributed by atoms with E-state index in [1.54, 1.807) is 4.90 Å². The molecule has 0 N–H and O–H groups in total. The van der Waals surface area contributed by atoms with Crippen LogP contribution in [0.5, 0.6) is 0 Å².